The van der Waals surface area contributed by atoms with Crippen molar-refractivity contribution in [3.63, 3.8) is 0 Å². The molecule has 1 aromatic carbocycles. The maximum Gasteiger partial charge on any atom is 0.335 e. The number of likely N-dealkylation sites (N-methyl/N-ethyl adjacent to an activating group) is 1. The van der Waals surface area contributed by atoms with Gasteiger partial charge in [-0.3, -0.25) is 14.9 Å². The van der Waals surface area contributed by atoms with Gasteiger partial charge >= 0.3 is 5.97 Å². The molecule has 0 aliphatic heterocycles. The Labute approximate surface area is 121 Å². The molecular formula is C13H17N3O5. The van der Waals surface area contributed by atoms with Crippen LogP contribution in [0.4, 0.5) is 11.4 Å². The number of amides is 1. The normalized spacial score (nSPS) is 10.0. The van der Waals surface area contributed by atoms with Gasteiger partial charge in [-0.05, 0) is 18.6 Å². The lowest BCUT2D eigenvalue weighted by molar-refractivity contribution is -0.384. The van der Waals surface area contributed by atoms with Gasteiger partial charge in [0.2, 0.25) is 5.91 Å². The Kier molecular flexibility index (Phi) is 5.65. The highest BCUT2D eigenvalue weighted by Crippen LogP contribution is 2.28. The molecule has 1 rings (SSSR count). The van der Waals surface area contributed by atoms with Gasteiger partial charge in [-0.25, -0.2) is 4.79 Å². The minimum absolute atomic E-state index is 0.0484. The van der Waals surface area contributed by atoms with Crippen LogP contribution in [-0.4, -0.2) is 42.0 Å². The molecule has 114 valence electrons. The van der Waals surface area contributed by atoms with Crippen LogP contribution < -0.4 is 10.2 Å². The van der Waals surface area contributed by atoms with Crippen LogP contribution in [0.3, 0.4) is 0 Å². The Balaban J connectivity index is 2.98. The van der Waals surface area contributed by atoms with E-state index in [2.05, 4.69) is 5.32 Å². The van der Waals surface area contributed by atoms with E-state index in [1.54, 1.807) is 0 Å². The molecule has 0 saturated heterocycles. The minimum atomic E-state index is -1.24. The van der Waals surface area contributed by atoms with E-state index in [1.165, 1.54) is 24.1 Å². The first kappa shape index (κ1) is 16.4. The molecule has 0 heterocycles. The Hall–Kier alpha value is -2.64. The average Bonchev–Trinajstić information content (AvgIpc) is 2.44. The van der Waals surface area contributed by atoms with Crippen molar-refractivity contribution in [2.24, 2.45) is 0 Å². The summed E-state index contributed by atoms with van der Waals surface area (Å²) in [5.41, 5.74) is -0.327. The Morgan fingerprint density at radius 3 is 2.62 bits per heavy atom. The highest BCUT2D eigenvalue weighted by atomic mass is 16.6. The lowest BCUT2D eigenvalue weighted by atomic mass is 10.1. The molecule has 21 heavy (non-hydrogen) atoms. The lowest BCUT2D eigenvalue weighted by Crippen LogP contribution is -2.35. The second-order valence-electron chi connectivity index (χ2n) is 4.47. The van der Waals surface area contributed by atoms with Crippen molar-refractivity contribution in [1.82, 2.24) is 5.32 Å². The highest BCUT2D eigenvalue weighted by molar-refractivity contribution is 5.90. The van der Waals surface area contributed by atoms with Crippen LogP contribution in [0.15, 0.2) is 18.2 Å². The summed E-state index contributed by atoms with van der Waals surface area (Å²) in [7, 11) is 1.54. The second-order valence-corrected chi connectivity index (χ2v) is 4.47. The molecule has 1 aromatic rings. The zero-order valence-corrected chi connectivity index (χ0v) is 11.8. The maximum atomic E-state index is 11.6. The molecule has 0 atom stereocenters. The number of rotatable bonds is 7. The third-order valence-corrected chi connectivity index (χ3v) is 2.78. The molecule has 0 aliphatic rings. The second kappa shape index (κ2) is 7.22. The summed E-state index contributed by atoms with van der Waals surface area (Å²) >= 11 is 0. The number of benzene rings is 1. The van der Waals surface area contributed by atoms with Gasteiger partial charge < -0.3 is 15.3 Å². The number of nitro benzene ring substituents is 1. The number of carbonyl (C=O) groups excluding carboxylic acids is 1. The SMILES string of the molecule is CCCNC(=O)CN(C)c1ccc(C(=O)O)cc1[N+](=O)[O-]. The molecule has 0 radical (unpaired) electrons. The zero-order chi connectivity index (χ0) is 16.0. The van der Waals surface area contributed by atoms with Gasteiger partial charge in [-0.2, -0.15) is 0 Å². The van der Waals surface area contributed by atoms with Crippen molar-refractivity contribution in [3.8, 4) is 0 Å². The number of carboxylic acid groups (broad SMARTS) is 1. The van der Waals surface area contributed by atoms with Gasteiger partial charge in [-0.15, -0.1) is 0 Å². The van der Waals surface area contributed by atoms with E-state index in [9.17, 15) is 19.7 Å². The van der Waals surface area contributed by atoms with Gasteiger partial charge in [0.05, 0.1) is 17.0 Å². The van der Waals surface area contributed by atoms with Crippen LogP contribution in [0, 0.1) is 10.1 Å². The summed E-state index contributed by atoms with van der Waals surface area (Å²) in [5, 5.41) is 22.6. The number of hydrogen-bond donors (Lipinski definition) is 2. The number of hydrogen-bond acceptors (Lipinski definition) is 5. The molecule has 0 bridgehead atoms. The molecular weight excluding hydrogens is 278 g/mol. The summed E-state index contributed by atoms with van der Waals surface area (Å²) in [6, 6.07) is 3.58. The smallest absolute Gasteiger partial charge is 0.335 e. The molecule has 0 unspecified atom stereocenters. The van der Waals surface area contributed by atoms with Crippen molar-refractivity contribution in [2.45, 2.75) is 13.3 Å². The van der Waals surface area contributed by atoms with Crippen molar-refractivity contribution in [3.05, 3.63) is 33.9 Å². The molecule has 0 spiro atoms. The minimum Gasteiger partial charge on any atom is -0.478 e. The highest BCUT2D eigenvalue weighted by Gasteiger charge is 2.21. The zero-order valence-electron chi connectivity index (χ0n) is 11.8. The number of nitrogens with one attached hydrogen (secondary N) is 1. The summed E-state index contributed by atoms with van der Waals surface area (Å²) in [4.78, 5) is 34.3. The molecule has 0 fully saturated rings. The number of aromatic carboxylic acids is 1. The van der Waals surface area contributed by atoms with Crippen LogP contribution in [0.1, 0.15) is 23.7 Å². The van der Waals surface area contributed by atoms with Gasteiger partial charge in [0.25, 0.3) is 5.69 Å². The van der Waals surface area contributed by atoms with Crippen molar-refractivity contribution in [1.29, 1.82) is 0 Å². The fourth-order valence-corrected chi connectivity index (χ4v) is 1.75. The maximum absolute atomic E-state index is 11.6. The van der Waals surface area contributed by atoms with Gasteiger partial charge in [0.1, 0.15) is 5.69 Å². The van der Waals surface area contributed by atoms with Crippen molar-refractivity contribution >= 4 is 23.3 Å². The average molecular weight is 295 g/mol. The number of carboxylic acids is 1. The third kappa shape index (κ3) is 4.44. The first-order chi connectivity index (χ1) is 9.86. The Morgan fingerprint density at radius 1 is 1.43 bits per heavy atom. The van der Waals surface area contributed by atoms with E-state index in [1.807, 2.05) is 6.92 Å². The summed E-state index contributed by atoms with van der Waals surface area (Å²) in [6.45, 7) is 2.40. The molecule has 2 N–H and O–H groups in total. The van der Waals surface area contributed by atoms with E-state index in [4.69, 9.17) is 5.11 Å². The Morgan fingerprint density at radius 2 is 2.10 bits per heavy atom. The molecule has 8 nitrogen and oxygen atoms in total. The van der Waals surface area contributed by atoms with Crippen LogP contribution >= 0.6 is 0 Å². The first-order valence-corrected chi connectivity index (χ1v) is 6.36. The van der Waals surface area contributed by atoms with Gasteiger partial charge in [0.15, 0.2) is 0 Å². The molecule has 1 amide bonds. The lowest BCUT2D eigenvalue weighted by Gasteiger charge is -2.18. The Bertz CT molecular complexity index is 559. The summed E-state index contributed by atoms with van der Waals surface area (Å²) in [6.07, 6.45) is 0.795. The molecule has 8 heteroatoms. The van der Waals surface area contributed by atoms with Crippen LogP contribution in [0.5, 0.6) is 0 Å². The van der Waals surface area contributed by atoms with Crippen LogP contribution in [0.2, 0.25) is 0 Å². The number of nitrogens with zero attached hydrogens (tertiary/aromatic N) is 2. The molecule has 0 aromatic heterocycles. The summed E-state index contributed by atoms with van der Waals surface area (Å²) in [5.74, 6) is -1.50. The molecule has 0 aliphatic carbocycles. The van der Waals surface area contributed by atoms with Gasteiger partial charge in [-0.1, -0.05) is 6.92 Å². The van der Waals surface area contributed by atoms with Crippen molar-refractivity contribution in [2.75, 3.05) is 25.0 Å². The van der Waals surface area contributed by atoms with E-state index >= 15 is 0 Å². The number of anilines is 1. The largest absolute Gasteiger partial charge is 0.478 e. The monoisotopic (exact) mass is 295 g/mol. The van der Waals surface area contributed by atoms with E-state index in [0.29, 0.717) is 6.54 Å². The predicted octanol–water partition coefficient (Wildman–Crippen LogP) is 1.26. The van der Waals surface area contributed by atoms with E-state index < -0.39 is 10.9 Å². The number of nitro groups is 1. The standard InChI is InChI=1S/C13H17N3O5/c1-3-6-14-12(17)8-15(2)10-5-4-9(13(18)19)7-11(10)16(20)21/h4-5,7H,3,6,8H2,1-2H3,(H,14,17)(H,18,19). The van der Waals surface area contributed by atoms with Crippen molar-refractivity contribution < 1.29 is 19.6 Å². The summed E-state index contributed by atoms with van der Waals surface area (Å²) < 4.78 is 0. The predicted molar refractivity (Wildman–Crippen MR) is 76.6 cm³/mol. The topological polar surface area (TPSA) is 113 Å². The fourth-order valence-electron chi connectivity index (χ4n) is 1.75. The van der Waals surface area contributed by atoms with Crippen LogP contribution in [0.25, 0.3) is 0 Å². The van der Waals surface area contributed by atoms with Crippen LogP contribution in [-0.2, 0) is 4.79 Å². The molecule has 0 saturated carbocycles. The first-order valence-electron chi connectivity index (χ1n) is 6.36. The van der Waals surface area contributed by atoms with Gasteiger partial charge in [0, 0.05) is 19.7 Å². The van der Waals surface area contributed by atoms with E-state index in [0.717, 1.165) is 12.5 Å². The third-order valence-electron chi connectivity index (χ3n) is 2.78. The fraction of sp³-hybridized carbons (Fsp3) is 0.385. The number of carbonyl (C=O) groups is 2. The quantitative estimate of drug-likeness (QED) is 0.578. The van der Waals surface area contributed by atoms with E-state index in [-0.39, 0.29) is 29.4 Å².